The Hall–Kier alpha value is -2.00. The fourth-order valence-corrected chi connectivity index (χ4v) is 5.87. The summed E-state index contributed by atoms with van der Waals surface area (Å²) in [6, 6.07) is 12.9. The van der Waals surface area contributed by atoms with Gasteiger partial charge in [-0.3, -0.25) is 9.69 Å². The van der Waals surface area contributed by atoms with Gasteiger partial charge in [0.2, 0.25) is 5.91 Å². The second kappa shape index (κ2) is 12.8. The summed E-state index contributed by atoms with van der Waals surface area (Å²) in [5.41, 5.74) is 2.94. The number of thiazole rings is 1. The number of halogens is 1. The summed E-state index contributed by atoms with van der Waals surface area (Å²) in [5.74, 6) is -0.0404. The van der Waals surface area contributed by atoms with Crippen LogP contribution in [-0.4, -0.2) is 55.6 Å². The number of carbonyl (C=O) groups excluding carboxylic acids is 1. The van der Waals surface area contributed by atoms with E-state index in [4.69, 9.17) is 4.98 Å². The van der Waals surface area contributed by atoms with Crippen molar-refractivity contribution in [1.29, 1.82) is 0 Å². The highest BCUT2D eigenvalue weighted by Crippen LogP contribution is 2.30. The standard InChI is InChI=1S/C26H35N3O3S2.ClH/c1-6-20-11-14-23-24(17-20)33-26(27-23)29(16-15-28(7-2)8-3)25(30)18-21-9-12-22(13-10-21)34(31,32)19(4)5;/h9-14,17,19H,6-8,15-16,18H2,1-5H3;1H. The summed E-state index contributed by atoms with van der Waals surface area (Å²) >= 11 is 1.55. The molecule has 9 heteroatoms. The normalized spacial score (nSPS) is 11.7. The van der Waals surface area contributed by atoms with Gasteiger partial charge in [0, 0.05) is 13.1 Å². The van der Waals surface area contributed by atoms with Gasteiger partial charge in [-0.15, -0.1) is 12.4 Å². The fraction of sp³-hybridized carbons (Fsp3) is 0.462. The topological polar surface area (TPSA) is 70.6 Å². The molecule has 0 aliphatic carbocycles. The molecule has 0 fully saturated rings. The Labute approximate surface area is 219 Å². The number of hydrogen-bond donors (Lipinski definition) is 0. The van der Waals surface area contributed by atoms with E-state index in [0.717, 1.165) is 41.8 Å². The number of amides is 1. The van der Waals surface area contributed by atoms with Crippen LogP contribution in [0.5, 0.6) is 0 Å². The third kappa shape index (κ3) is 7.03. The van der Waals surface area contributed by atoms with Gasteiger partial charge in [0.15, 0.2) is 15.0 Å². The summed E-state index contributed by atoms with van der Waals surface area (Å²) in [5, 5.41) is 0.224. The zero-order chi connectivity index (χ0) is 24.9. The van der Waals surface area contributed by atoms with Crippen LogP contribution in [0.1, 0.15) is 45.7 Å². The van der Waals surface area contributed by atoms with Crippen LogP contribution in [-0.2, 0) is 27.5 Å². The molecule has 0 saturated carbocycles. The number of hydrogen-bond acceptors (Lipinski definition) is 6. The molecule has 0 saturated heterocycles. The minimum Gasteiger partial charge on any atom is -0.302 e. The summed E-state index contributed by atoms with van der Waals surface area (Å²) in [4.78, 5) is 22.6. The number of nitrogens with zero attached hydrogens (tertiary/aromatic N) is 3. The maximum atomic E-state index is 13.4. The van der Waals surface area contributed by atoms with Crippen molar-refractivity contribution in [1.82, 2.24) is 9.88 Å². The summed E-state index contributed by atoms with van der Waals surface area (Å²) < 4.78 is 25.9. The molecule has 35 heavy (non-hydrogen) atoms. The van der Waals surface area contributed by atoms with Crippen LogP contribution >= 0.6 is 23.7 Å². The number of likely N-dealkylation sites (N-methyl/N-ethyl adjacent to an activating group) is 1. The van der Waals surface area contributed by atoms with Gasteiger partial charge in [0.05, 0.1) is 26.8 Å². The summed E-state index contributed by atoms with van der Waals surface area (Å²) in [6.07, 6.45) is 1.15. The van der Waals surface area contributed by atoms with Crippen molar-refractivity contribution in [2.75, 3.05) is 31.1 Å². The highest BCUT2D eigenvalue weighted by atomic mass is 35.5. The lowest BCUT2D eigenvalue weighted by Crippen LogP contribution is -2.39. The molecule has 0 bridgehead atoms. The fourth-order valence-electron chi connectivity index (χ4n) is 3.74. The molecule has 6 nitrogen and oxygen atoms in total. The molecule has 1 aromatic heterocycles. The first-order valence-corrected chi connectivity index (χ1v) is 14.3. The Kier molecular flexibility index (Phi) is 10.7. The van der Waals surface area contributed by atoms with E-state index in [0.29, 0.717) is 11.7 Å². The Morgan fingerprint density at radius 2 is 1.60 bits per heavy atom. The van der Waals surface area contributed by atoms with Crippen LogP contribution in [0.2, 0.25) is 0 Å². The number of aromatic nitrogens is 1. The first-order valence-electron chi connectivity index (χ1n) is 11.9. The summed E-state index contributed by atoms with van der Waals surface area (Å²) in [7, 11) is -3.34. The smallest absolute Gasteiger partial charge is 0.233 e. The van der Waals surface area contributed by atoms with Gasteiger partial charge in [-0.25, -0.2) is 13.4 Å². The molecule has 1 heterocycles. The molecule has 192 valence electrons. The molecule has 2 aromatic carbocycles. The predicted molar refractivity (Wildman–Crippen MR) is 149 cm³/mol. The van der Waals surface area contributed by atoms with E-state index >= 15 is 0 Å². The second-order valence-corrected chi connectivity index (χ2v) is 12.2. The second-order valence-electron chi connectivity index (χ2n) is 8.64. The third-order valence-corrected chi connectivity index (χ3v) is 9.36. The number of anilines is 1. The molecular weight excluding hydrogens is 502 g/mol. The molecule has 3 rings (SSSR count). The highest BCUT2D eigenvalue weighted by molar-refractivity contribution is 7.92. The number of sulfone groups is 1. The van der Waals surface area contributed by atoms with Crippen molar-refractivity contribution in [3.63, 3.8) is 0 Å². The average Bonchev–Trinajstić information content (AvgIpc) is 3.24. The first kappa shape index (κ1) is 29.2. The van der Waals surface area contributed by atoms with Gasteiger partial charge in [0.25, 0.3) is 0 Å². The van der Waals surface area contributed by atoms with Crippen molar-refractivity contribution in [2.24, 2.45) is 0 Å². The number of rotatable bonds is 11. The molecule has 3 aromatic rings. The molecule has 0 unspecified atom stereocenters. The Balaban J connectivity index is 0.00000432. The van der Waals surface area contributed by atoms with E-state index in [2.05, 4.69) is 37.8 Å². The zero-order valence-electron chi connectivity index (χ0n) is 21.2. The molecule has 0 N–H and O–H groups in total. The third-order valence-electron chi connectivity index (χ3n) is 6.14. The zero-order valence-corrected chi connectivity index (χ0v) is 23.6. The minimum atomic E-state index is -3.34. The predicted octanol–water partition coefficient (Wildman–Crippen LogP) is 5.38. The van der Waals surface area contributed by atoms with E-state index in [9.17, 15) is 13.2 Å². The monoisotopic (exact) mass is 537 g/mol. The van der Waals surface area contributed by atoms with Crippen LogP contribution in [0.25, 0.3) is 10.2 Å². The maximum Gasteiger partial charge on any atom is 0.233 e. The van der Waals surface area contributed by atoms with E-state index in [1.54, 1.807) is 54.3 Å². The first-order chi connectivity index (χ1) is 16.2. The lowest BCUT2D eigenvalue weighted by molar-refractivity contribution is -0.118. The quantitative estimate of drug-likeness (QED) is 0.328. The molecular formula is C26H36ClN3O3S2. The van der Waals surface area contributed by atoms with Crippen molar-refractivity contribution in [3.8, 4) is 0 Å². The molecule has 0 aliphatic heterocycles. The van der Waals surface area contributed by atoms with Gasteiger partial charge < -0.3 is 4.90 Å². The Morgan fingerprint density at radius 3 is 2.17 bits per heavy atom. The molecule has 0 radical (unpaired) electrons. The molecule has 0 atom stereocenters. The van der Waals surface area contributed by atoms with Crippen LogP contribution in [0.3, 0.4) is 0 Å². The van der Waals surface area contributed by atoms with Gasteiger partial charge in [-0.1, -0.05) is 50.3 Å². The van der Waals surface area contributed by atoms with Gasteiger partial charge >= 0.3 is 0 Å². The largest absolute Gasteiger partial charge is 0.302 e. The van der Waals surface area contributed by atoms with Crippen LogP contribution in [0, 0.1) is 0 Å². The number of aryl methyl sites for hydroxylation is 1. The van der Waals surface area contributed by atoms with Gasteiger partial charge in [-0.2, -0.15) is 0 Å². The van der Waals surface area contributed by atoms with E-state index in [1.165, 1.54) is 5.56 Å². The lowest BCUT2D eigenvalue weighted by atomic mass is 10.1. The van der Waals surface area contributed by atoms with Crippen molar-refractivity contribution >= 4 is 54.8 Å². The van der Waals surface area contributed by atoms with Gasteiger partial charge in [-0.05, 0) is 68.8 Å². The van der Waals surface area contributed by atoms with Crippen molar-refractivity contribution in [3.05, 3.63) is 53.6 Å². The van der Waals surface area contributed by atoms with E-state index in [-0.39, 0.29) is 29.6 Å². The van der Waals surface area contributed by atoms with Crippen molar-refractivity contribution in [2.45, 2.75) is 57.6 Å². The maximum absolute atomic E-state index is 13.4. The SMILES string of the molecule is CCc1ccc2nc(N(CCN(CC)CC)C(=O)Cc3ccc(S(=O)(=O)C(C)C)cc3)sc2c1.Cl. The highest BCUT2D eigenvalue weighted by Gasteiger charge is 2.22. The number of carbonyl (C=O) groups is 1. The van der Waals surface area contributed by atoms with Crippen LogP contribution < -0.4 is 4.90 Å². The molecule has 1 amide bonds. The molecule has 0 spiro atoms. The average molecular weight is 538 g/mol. The Morgan fingerprint density at radius 1 is 0.971 bits per heavy atom. The van der Waals surface area contributed by atoms with Gasteiger partial charge in [0.1, 0.15) is 0 Å². The summed E-state index contributed by atoms with van der Waals surface area (Å²) in [6.45, 7) is 12.9. The van der Waals surface area contributed by atoms with Crippen LogP contribution in [0.4, 0.5) is 5.13 Å². The lowest BCUT2D eigenvalue weighted by Gasteiger charge is -2.24. The number of fused-ring (bicyclic) bond motifs is 1. The minimum absolute atomic E-state index is 0. The molecule has 0 aliphatic rings. The van der Waals surface area contributed by atoms with E-state index in [1.807, 2.05) is 6.07 Å². The Bertz CT molecular complexity index is 1220. The van der Waals surface area contributed by atoms with E-state index < -0.39 is 15.1 Å². The van der Waals surface area contributed by atoms with Crippen molar-refractivity contribution < 1.29 is 13.2 Å². The van der Waals surface area contributed by atoms with Crippen LogP contribution in [0.15, 0.2) is 47.4 Å². The number of benzene rings is 2.